The Morgan fingerprint density at radius 2 is 1.62 bits per heavy atom. The fourth-order valence-corrected chi connectivity index (χ4v) is 5.99. The van der Waals surface area contributed by atoms with Gasteiger partial charge in [-0.15, -0.1) is 0 Å². The molecule has 0 saturated heterocycles. The molecule has 1 aliphatic rings. The van der Waals surface area contributed by atoms with E-state index in [2.05, 4.69) is 23.5 Å². The fourth-order valence-electron chi connectivity index (χ4n) is 4.50. The fraction of sp³-hybridized carbons (Fsp3) is 0.321. The summed E-state index contributed by atoms with van der Waals surface area (Å²) >= 11 is 0. The van der Waals surface area contributed by atoms with Gasteiger partial charge in [0.1, 0.15) is 6.54 Å². The molecule has 4 rings (SSSR count). The minimum Gasteiger partial charge on any atom is -0.348 e. The molecule has 0 bridgehead atoms. The van der Waals surface area contributed by atoms with Crippen molar-refractivity contribution >= 4 is 21.6 Å². The van der Waals surface area contributed by atoms with Crippen LogP contribution in [0.2, 0.25) is 0 Å². The van der Waals surface area contributed by atoms with Crippen LogP contribution < -0.4 is 9.62 Å². The SMILES string of the molecule is Cc1ccc(S(=O)(=O)N(CC(=O)NC(C)c2ccc3c(c2)CCCC3)c2ccccc2C)cc1. The molecule has 3 aromatic rings. The first-order valence-electron chi connectivity index (χ1n) is 11.8. The number of anilines is 1. The van der Waals surface area contributed by atoms with Gasteiger partial charge >= 0.3 is 0 Å². The summed E-state index contributed by atoms with van der Waals surface area (Å²) in [6.07, 6.45) is 4.60. The minimum atomic E-state index is -3.93. The second-order valence-electron chi connectivity index (χ2n) is 9.14. The molecule has 0 radical (unpaired) electrons. The lowest BCUT2D eigenvalue weighted by molar-refractivity contribution is -0.120. The smallest absolute Gasteiger partial charge is 0.264 e. The number of aryl methyl sites for hydroxylation is 4. The second kappa shape index (κ2) is 10.0. The Morgan fingerprint density at radius 3 is 2.32 bits per heavy atom. The number of carbonyl (C=O) groups excluding carboxylic acids is 1. The van der Waals surface area contributed by atoms with Crippen molar-refractivity contribution in [3.63, 3.8) is 0 Å². The molecule has 0 fully saturated rings. The van der Waals surface area contributed by atoms with Crippen LogP contribution in [-0.4, -0.2) is 20.9 Å². The van der Waals surface area contributed by atoms with Crippen molar-refractivity contribution in [2.24, 2.45) is 0 Å². The van der Waals surface area contributed by atoms with Crippen LogP contribution in [0.15, 0.2) is 71.6 Å². The first kappa shape index (κ1) is 24.0. The van der Waals surface area contributed by atoms with E-state index in [0.29, 0.717) is 5.69 Å². The Bertz CT molecular complexity index is 1280. The molecule has 1 aliphatic carbocycles. The third-order valence-corrected chi connectivity index (χ3v) is 8.30. The van der Waals surface area contributed by atoms with Gasteiger partial charge in [0.2, 0.25) is 5.91 Å². The van der Waals surface area contributed by atoms with Gasteiger partial charge in [0.25, 0.3) is 10.0 Å². The zero-order valence-electron chi connectivity index (χ0n) is 20.0. The third kappa shape index (κ3) is 5.17. The Morgan fingerprint density at radius 1 is 0.941 bits per heavy atom. The summed E-state index contributed by atoms with van der Waals surface area (Å²) < 4.78 is 28.4. The van der Waals surface area contributed by atoms with E-state index < -0.39 is 10.0 Å². The standard InChI is InChI=1S/C28H32N2O3S/c1-20-12-16-26(17-13-20)34(32,33)30(27-11-7-4-8-21(27)2)19-28(31)29-22(3)24-15-14-23-9-5-6-10-25(23)18-24/h4,7-8,11-18,22H,5-6,9-10,19H2,1-3H3,(H,29,31). The number of sulfonamides is 1. The van der Waals surface area contributed by atoms with Crippen LogP contribution in [0.4, 0.5) is 5.69 Å². The van der Waals surface area contributed by atoms with Crippen LogP contribution in [0.5, 0.6) is 0 Å². The highest BCUT2D eigenvalue weighted by Crippen LogP contribution is 2.28. The minimum absolute atomic E-state index is 0.164. The number of amides is 1. The molecule has 6 heteroatoms. The topological polar surface area (TPSA) is 66.5 Å². The molecular formula is C28H32N2O3S. The maximum atomic E-state index is 13.6. The molecule has 5 nitrogen and oxygen atoms in total. The molecule has 1 amide bonds. The molecule has 0 heterocycles. The van der Waals surface area contributed by atoms with Gasteiger partial charge in [0.05, 0.1) is 16.6 Å². The van der Waals surface area contributed by atoms with Crippen LogP contribution in [0.1, 0.15) is 53.6 Å². The number of fused-ring (bicyclic) bond motifs is 1. The van der Waals surface area contributed by atoms with E-state index in [0.717, 1.165) is 29.5 Å². The molecule has 0 spiro atoms. The Labute approximate surface area is 202 Å². The van der Waals surface area contributed by atoms with E-state index >= 15 is 0 Å². The monoisotopic (exact) mass is 476 g/mol. The van der Waals surface area contributed by atoms with Crippen molar-refractivity contribution < 1.29 is 13.2 Å². The number of benzene rings is 3. The second-order valence-corrected chi connectivity index (χ2v) is 11.0. The zero-order valence-corrected chi connectivity index (χ0v) is 20.9. The Hall–Kier alpha value is -3.12. The Kier molecular flexibility index (Phi) is 7.08. The lowest BCUT2D eigenvalue weighted by atomic mass is 9.89. The molecule has 1 N–H and O–H groups in total. The van der Waals surface area contributed by atoms with Crippen LogP contribution in [0.3, 0.4) is 0 Å². The van der Waals surface area contributed by atoms with Crippen molar-refractivity contribution in [1.29, 1.82) is 0 Å². The first-order chi connectivity index (χ1) is 16.3. The number of rotatable bonds is 7. The van der Waals surface area contributed by atoms with Gasteiger partial charge in [-0.3, -0.25) is 9.10 Å². The number of nitrogens with zero attached hydrogens (tertiary/aromatic N) is 1. The van der Waals surface area contributed by atoms with Gasteiger partial charge in [0, 0.05) is 0 Å². The summed E-state index contributed by atoms with van der Waals surface area (Å²) in [6.45, 7) is 5.40. The predicted molar refractivity (Wildman–Crippen MR) is 137 cm³/mol. The van der Waals surface area contributed by atoms with E-state index in [9.17, 15) is 13.2 Å². The summed E-state index contributed by atoms with van der Waals surface area (Å²) in [7, 11) is -3.93. The number of hydrogen-bond acceptors (Lipinski definition) is 3. The van der Waals surface area contributed by atoms with Crippen LogP contribution >= 0.6 is 0 Å². The average molecular weight is 477 g/mol. The quantitative estimate of drug-likeness (QED) is 0.506. The van der Waals surface area contributed by atoms with Gasteiger partial charge in [-0.05, 0) is 86.9 Å². The van der Waals surface area contributed by atoms with Crippen molar-refractivity contribution in [3.8, 4) is 0 Å². The van der Waals surface area contributed by atoms with Crippen LogP contribution in [-0.2, 0) is 27.7 Å². The summed E-state index contributed by atoms with van der Waals surface area (Å²) in [5.74, 6) is -0.343. The van der Waals surface area contributed by atoms with Gasteiger partial charge in [-0.1, -0.05) is 54.1 Å². The van der Waals surface area contributed by atoms with Gasteiger partial charge < -0.3 is 5.32 Å². The van der Waals surface area contributed by atoms with E-state index in [1.165, 1.54) is 28.3 Å². The molecule has 34 heavy (non-hydrogen) atoms. The van der Waals surface area contributed by atoms with E-state index in [1.807, 2.05) is 32.9 Å². The molecule has 3 aromatic carbocycles. The van der Waals surface area contributed by atoms with Gasteiger partial charge in [0.15, 0.2) is 0 Å². The highest BCUT2D eigenvalue weighted by atomic mass is 32.2. The normalized spacial score (nSPS) is 14.2. The highest BCUT2D eigenvalue weighted by Gasteiger charge is 2.28. The lowest BCUT2D eigenvalue weighted by Gasteiger charge is -2.26. The largest absolute Gasteiger partial charge is 0.348 e. The van der Waals surface area contributed by atoms with Crippen LogP contribution in [0, 0.1) is 13.8 Å². The predicted octanol–water partition coefficient (Wildman–Crippen LogP) is 5.25. The maximum Gasteiger partial charge on any atom is 0.264 e. The van der Waals surface area contributed by atoms with E-state index in [4.69, 9.17) is 0 Å². The average Bonchev–Trinajstić information content (AvgIpc) is 2.83. The maximum absolute atomic E-state index is 13.6. The first-order valence-corrected chi connectivity index (χ1v) is 13.3. The lowest BCUT2D eigenvalue weighted by Crippen LogP contribution is -2.42. The molecule has 1 unspecified atom stereocenters. The number of para-hydroxylation sites is 1. The molecule has 1 atom stereocenters. The van der Waals surface area contributed by atoms with Crippen molar-refractivity contribution in [2.75, 3.05) is 10.8 Å². The molecule has 0 aliphatic heterocycles. The zero-order chi connectivity index (χ0) is 24.3. The summed E-state index contributed by atoms with van der Waals surface area (Å²) in [5, 5.41) is 3.01. The van der Waals surface area contributed by atoms with E-state index in [-0.39, 0.29) is 23.4 Å². The summed E-state index contributed by atoms with van der Waals surface area (Å²) in [5.41, 5.74) is 6.04. The summed E-state index contributed by atoms with van der Waals surface area (Å²) in [4.78, 5) is 13.3. The highest BCUT2D eigenvalue weighted by molar-refractivity contribution is 7.92. The van der Waals surface area contributed by atoms with Gasteiger partial charge in [-0.25, -0.2) is 8.42 Å². The third-order valence-electron chi connectivity index (χ3n) is 6.53. The molecular weight excluding hydrogens is 444 g/mol. The van der Waals surface area contributed by atoms with Gasteiger partial charge in [-0.2, -0.15) is 0 Å². The van der Waals surface area contributed by atoms with Crippen molar-refractivity contribution in [3.05, 3.63) is 94.5 Å². The van der Waals surface area contributed by atoms with Crippen molar-refractivity contribution in [1.82, 2.24) is 5.32 Å². The van der Waals surface area contributed by atoms with Crippen LogP contribution in [0.25, 0.3) is 0 Å². The van der Waals surface area contributed by atoms with E-state index in [1.54, 1.807) is 36.4 Å². The number of hydrogen-bond donors (Lipinski definition) is 1. The molecule has 0 aromatic heterocycles. The number of nitrogens with one attached hydrogen (secondary N) is 1. The summed E-state index contributed by atoms with van der Waals surface area (Å²) in [6, 6.07) is 20.1. The molecule has 178 valence electrons. The molecule has 0 saturated carbocycles. The van der Waals surface area contributed by atoms with Crippen molar-refractivity contribution in [2.45, 2.75) is 57.4 Å². The number of carbonyl (C=O) groups is 1. The Balaban J connectivity index is 1.58.